The van der Waals surface area contributed by atoms with Crippen LogP contribution in [0.15, 0.2) is 212 Å². The smallest absolute Gasteiger partial charge is 0.0786 e. The molecule has 1 aliphatic rings. The summed E-state index contributed by atoms with van der Waals surface area (Å²) in [5.41, 5.74) is 15.6. The molecule has 256 valence electrons. The highest BCUT2D eigenvalue weighted by atomic mass is 14.6. The lowest BCUT2D eigenvalue weighted by Crippen LogP contribution is -2.28. The van der Waals surface area contributed by atoms with E-state index in [1.165, 1.54) is 88.3 Å². The number of aromatic nitrogens is 1. The van der Waals surface area contributed by atoms with Crippen molar-refractivity contribution in [2.75, 3.05) is 0 Å². The highest BCUT2D eigenvalue weighted by Crippen LogP contribution is 2.57. The Morgan fingerprint density at radius 3 is 1.62 bits per heavy atom. The minimum atomic E-state index is -0.457. The first kappa shape index (κ1) is 31.4. The highest BCUT2D eigenvalue weighted by molar-refractivity contribution is 6.27. The zero-order valence-electron chi connectivity index (χ0n) is 30.2. The quantitative estimate of drug-likeness (QED) is 0.129. The van der Waals surface area contributed by atoms with Crippen LogP contribution < -0.4 is 0 Å². The summed E-state index contributed by atoms with van der Waals surface area (Å²) in [6.07, 6.45) is 1.92. The van der Waals surface area contributed by atoms with Crippen LogP contribution >= 0.6 is 0 Å². The van der Waals surface area contributed by atoms with Gasteiger partial charge in [-0.1, -0.05) is 188 Å². The van der Waals surface area contributed by atoms with Gasteiger partial charge in [-0.2, -0.15) is 0 Å². The number of benzene rings is 9. The van der Waals surface area contributed by atoms with Gasteiger partial charge in [0, 0.05) is 17.0 Å². The maximum absolute atomic E-state index is 5.02. The Bertz CT molecular complexity index is 3020. The average molecular weight is 698 g/mol. The molecule has 1 aromatic heterocycles. The first-order valence-electron chi connectivity index (χ1n) is 19.0. The Hall–Kier alpha value is -7.09. The van der Waals surface area contributed by atoms with Gasteiger partial charge in [-0.15, -0.1) is 0 Å². The molecule has 1 nitrogen and oxygen atoms in total. The molecule has 0 aliphatic heterocycles. The van der Waals surface area contributed by atoms with Crippen LogP contribution in [0.2, 0.25) is 0 Å². The fourth-order valence-corrected chi connectivity index (χ4v) is 9.48. The second-order valence-corrected chi connectivity index (χ2v) is 14.6. The third-order valence-corrected chi connectivity index (χ3v) is 11.8. The lowest BCUT2D eigenvalue weighted by molar-refractivity contribution is 0.769. The summed E-state index contributed by atoms with van der Waals surface area (Å²) in [4.78, 5) is 5.02. The Kier molecular flexibility index (Phi) is 7.15. The molecule has 9 aromatic carbocycles. The van der Waals surface area contributed by atoms with Crippen molar-refractivity contribution in [2.24, 2.45) is 0 Å². The van der Waals surface area contributed by atoms with Gasteiger partial charge in [-0.25, -0.2) is 0 Å². The molecule has 1 aliphatic carbocycles. The number of hydrogen-bond donors (Lipinski definition) is 0. The van der Waals surface area contributed by atoms with Crippen LogP contribution in [0.4, 0.5) is 0 Å². The molecule has 0 atom stereocenters. The van der Waals surface area contributed by atoms with Gasteiger partial charge in [0.2, 0.25) is 0 Å². The Balaban J connectivity index is 1.23. The van der Waals surface area contributed by atoms with Gasteiger partial charge < -0.3 is 0 Å². The number of fused-ring (bicyclic) bond motifs is 7. The maximum Gasteiger partial charge on any atom is 0.0786 e. The maximum atomic E-state index is 5.02. The molecule has 0 fully saturated rings. The fraction of sp³-hybridized carbons (Fsp3) is 0.0185. The highest BCUT2D eigenvalue weighted by Gasteiger charge is 2.46. The molecule has 0 saturated carbocycles. The molecule has 0 spiro atoms. The van der Waals surface area contributed by atoms with Crippen LogP contribution in [-0.2, 0) is 5.41 Å². The lowest BCUT2D eigenvalue weighted by Gasteiger charge is -2.34. The van der Waals surface area contributed by atoms with E-state index in [0.29, 0.717) is 0 Å². The van der Waals surface area contributed by atoms with E-state index in [0.717, 1.165) is 10.9 Å². The van der Waals surface area contributed by atoms with E-state index in [1.54, 1.807) is 0 Å². The van der Waals surface area contributed by atoms with E-state index in [1.807, 2.05) is 12.3 Å². The van der Waals surface area contributed by atoms with Gasteiger partial charge in [-0.05, 0) is 101 Å². The summed E-state index contributed by atoms with van der Waals surface area (Å²) in [5.74, 6) is 0. The Labute approximate surface area is 320 Å². The third-order valence-electron chi connectivity index (χ3n) is 11.8. The molecule has 0 saturated heterocycles. The van der Waals surface area contributed by atoms with E-state index >= 15 is 0 Å². The molecule has 1 heterocycles. The van der Waals surface area contributed by atoms with E-state index in [-0.39, 0.29) is 0 Å². The van der Waals surface area contributed by atoms with Gasteiger partial charge in [0.05, 0.1) is 10.9 Å². The van der Waals surface area contributed by atoms with Crippen LogP contribution in [0.1, 0.15) is 22.3 Å². The molecule has 55 heavy (non-hydrogen) atoms. The standard InChI is InChI=1S/C54H35N/c1-5-16-36(17-6-1)50-46-32-27-38-20-15-33-55-53(38)52(46)51(37-18-7-2-8-19-37)45-31-29-39(34-47(45)50)40-28-30-44-43-25-13-14-26-48(43)54(49(44)35-40,41-21-9-3-10-22-41)42-23-11-4-12-24-42/h1-35H. The first-order chi connectivity index (χ1) is 27.3. The van der Waals surface area contributed by atoms with Crippen molar-refractivity contribution in [3.63, 3.8) is 0 Å². The average Bonchev–Trinajstić information content (AvgIpc) is 3.57. The zero-order chi connectivity index (χ0) is 36.3. The second kappa shape index (κ2) is 12.5. The van der Waals surface area contributed by atoms with Gasteiger partial charge in [0.15, 0.2) is 0 Å². The molecule has 10 aromatic rings. The van der Waals surface area contributed by atoms with Gasteiger partial charge in [0.25, 0.3) is 0 Å². The van der Waals surface area contributed by atoms with Crippen molar-refractivity contribution in [2.45, 2.75) is 5.41 Å². The predicted octanol–water partition coefficient (Wildman–Crippen LogP) is 13.9. The van der Waals surface area contributed by atoms with Crippen LogP contribution in [0, 0.1) is 0 Å². The van der Waals surface area contributed by atoms with Crippen molar-refractivity contribution in [3.8, 4) is 44.5 Å². The monoisotopic (exact) mass is 697 g/mol. The predicted molar refractivity (Wildman–Crippen MR) is 230 cm³/mol. The molecule has 0 radical (unpaired) electrons. The van der Waals surface area contributed by atoms with Crippen molar-refractivity contribution in [3.05, 3.63) is 235 Å². The van der Waals surface area contributed by atoms with Gasteiger partial charge in [0.1, 0.15) is 0 Å². The van der Waals surface area contributed by atoms with Gasteiger partial charge >= 0.3 is 0 Å². The zero-order valence-corrected chi connectivity index (χ0v) is 30.2. The molecule has 1 heteroatoms. The Morgan fingerprint density at radius 2 is 0.909 bits per heavy atom. The summed E-state index contributed by atoms with van der Waals surface area (Å²) in [6.45, 7) is 0. The van der Waals surface area contributed by atoms with Crippen molar-refractivity contribution >= 4 is 32.4 Å². The second-order valence-electron chi connectivity index (χ2n) is 14.6. The Morgan fingerprint density at radius 1 is 0.345 bits per heavy atom. The topological polar surface area (TPSA) is 12.9 Å². The summed E-state index contributed by atoms with van der Waals surface area (Å²) in [6, 6.07) is 75.8. The largest absolute Gasteiger partial charge is 0.256 e. The number of hydrogen-bond acceptors (Lipinski definition) is 1. The first-order valence-corrected chi connectivity index (χ1v) is 19.0. The molecule has 0 N–H and O–H groups in total. The van der Waals surface area contributed by atoms with E-state index in [9.17, 15) is 0 Å². The van der Waals surface area contributed by atoms with E-state index in [4.69, 9.17) is 4.98 Å². The molecular formula is C54H35N. The molecule has 0 bridgehead atoms. The normalized spacial score (nSPS) is 12.9. The van der Waals surface area contributed by atoms with Crippen LogP contribution in [0.5, 0.6) is 0 Å². The van der Waals surface area contributed by atoms with E-state index in [2.05, 4.69) is 200 Å². The lowest BCUT2D eigenvalue weighted by atomic mass is 9.67. The summed E-state index contributed by atoms with van der Waals surface area (Å²) < 4.78 is 0. The van der Waals surface area contributed by atoms with Gasteiger partial charge in [-0.3, -0.25) is 4.98 Å². The third kappa shape index (κ3) is 4.70. The number of rotatable bonds is 5. The molecule has 0 unspecified atom stereocenters. The van der Waals surface area contributed by atoms with Crippen molar-refractivity contribution in [1.29, 1.82) is 0 Å². The minimum absolute atomic E-state index is 0.457. The van der Waals surface area contributed by atoms with Crippen LogP contribution in [0.25, 0.3) is 77.0 Å². The number of nitrogens with zero attached hydrogens (tertiary/aromatic N) is 1. The molecular weight excluding hydrogens is 663 g/mol. The number of pyridine rings is 1. The summed E-state index contributed by atoms with van der Waals surface area (Å²) >= 11 is 0. The van der Waals surface area contributed by atoms with E-state index < -0.39 is 5.41 Å². The summed E-state index contributed by atoms with van der Waals surface area (Å²) in [7, 11) is 0. The van der Waals surface area contributed by atoms with Crippen LogP contribution in [0.3, 0.4) is 0 Å². The minimum Gasteiger partial charge on any atom is -0.256 e. The SMILES string of the molecule is c1ccc(-c2c3cc(-c4ccc5c(c4)C(c4ccccc4)(c4ccccc4)c4ccccc4-5)ccc3c(-c3ccccc3)c3c2ccc2cccnc23)cc1. The summed E-state index contributed by atoms with van der Waals surface area (Å²) in [5, 5.41) is 5.98. The van der Waals surface area contributed by atoms with Crippen LogP contribution in [-0.4, -0.2) is 4.98 Å². The van der Waals surface area contributed by atoms with Crippen molar-refractivity contribution < 1.29 is 0 Å². The molecule has 0 amide bonds. The molecule has 11 rings (SSSR count). The fourth-order valence-electron chi connectivity index (χ4n) is 9.48. The van der Waals surface area contributed by atoms with Crippen molar-refractivity contribution in [1.82, 2.24) is 4.98 Å².